The van der Waals surface area contributed by atoms with Crippen LogP contribution in [0.4, 0.5) is 4.79 Å². The summed E-state index contributed by atoms with van der Waals surface area (Å²) in [6.45, 7) is 5.69. The van der Waals surface area contributed by atoms with Gasteiger partial charge in [0.15, 0.2) is 0 Å². The molecule has 4 amide bonds. The number of nitrogens with zero attached hydrogens (tertiary/aromatic N) is 2. The molecule has 1 heterocycles. The molecule has 1 aliphatic carbocycles. The van der Waals surface area contributed by atoms with E-state index < -0.39 is 6.04 Å². The van der Waals surface area contributed by atoms with E-state index in [-0.39, 0.29) is 36.3 Å². The van der Waals surface area contributed by atoms with Crippen LogP contribution in [0.5, 0.6) is 0 Å². The maximum atomic E-state index is 12.3. The quantitative estimate of drug-likeness (QED) is 0.648. The Kier molecular flexibility index (Phi) is 7.68. The molecule has 1 atom stereocenters. The van der Waals surface area contributed by atoms with Crippen molar-refractivity contribution >= 4 is 17.8 Å². The van der Waals surface area contributed by atoms with Crippen LogP contribution in [0, 0.1) is 5.92 Å². The van der Waals surface area contributed by atoms with E-state index in [2.05, 4.69) is 10.6 Å². The average Bonchev–Trinajstić information content (AvgIpc) is 2.66. The lowest BCUT2D eigenvalue weighted by Crippen LogP contribution is -2.56. The zero-order valence-corrected chi connectivity index (χ0v) is 16.0. The third-order valence-electron chi connectivity index (χ3n) is 5.29. The second kappa shape index (κ2) is 9.75. The van der Waals surface area contributed by atoms with Gasteiger partial charge in [0, 0.05) is 32.2 Å². The molecule has 0 radical (unpaired) electrons. The molecule has 1 aliphatic heterocycles. The minimum absolute atomic E-state index is 0.0244. The first kappa shape index (κ1) is 20.5. The van der Waals surface area contributed by atoms with Crippen molar-refractivity contribution in [3.8, 4) is 0 Å². The van der Waals surface area contributed by atoms with Gasteiger partial charge in [0.1, 0.15) is 0 Å². The van der Waals surface area contributed by atoms with Crippen LogP contribution >= 0.6 is 0 Å². The van der Waals surface area contributed by atoms with Crippen LogP contribution < -0.4 is 16.4 Å². The second-order valence-electron chi connectivity index (χ2n) is 7.64. The fourth-order valence-electron chi connectivity index (χ4n) is 3.37. The summed E-state index contributed by atoms with van der Waals surface area (Å²) in [5.74, 6) is -0.420. The Balaban J connectivity index is 1.69. The highest BCUT2D eigenvalue weighted by Gasteiger charge is 2.26. The van der Waals surface area contributed by atoms with Crippen LogP contribution in [0.3, 0.4) is 0 Å². The smallest absolute Gasteiger partial charge is 0.317 e. The van der Waals surface area contributed by atoms with Crippen molar-refractivity contribution in [1.29, 1.82) is 0 Å². The summed E-state index contributed by atoms with van der Waals surface area (Å²) < 4.78 is 0. The molecule has 2 aliphatic rings. The molecule has 0 aromatic carbocycles. The summed E-state index contributed by atoms with van der Waals surface area (Å²) in [6.07, 6.45) is 5.73. The van der Waals surface area contributed by atoms with E-state index in [1.54, 1.807) is 9.80 Å². The zero-order chi connectivity index (χ0) is 19.1. The standard InChI is InChI=1S/C18H33N5O3/c1-13(2)16(19)17(25)20-12-15(24)22-8-10-23(11-9-22)18(26)21-14-6-4-3-5-7-14/h13-14,16H,3-12,19H2,1-2H3,(H,20,25)(H,21,26)/t16-/m0/s1. The first-order valence-electron chi connectivity index (χ1n) is 9.75. The number of rotatable bonds is 5. The first-order valence-corrected chi connectivity index (χ1v) is 9.75. The topological polar surface area (TPSA) is 108 Å². The van der Waals surface area contributed by atoms with E-state index in [4.69, 9.17) is 5.73 Å². The van der Waals surface area contributed by atoms with Crippen LogP contribution in [-0.4, -0.2) is 72.5 Å². The predicted octanol–water partition coefficient (Wildman–Crippen LogP) is 0.272. The van der Waals surface area contributed by atoms with Gasteiger partial charge in [-0.3, -0.25) is 9.59 Å². The summed E-state index contributed by atoms with van der Waals surface area (Å²) in [4.78, 5) is 39.9. The number of nitrogens with two attached hydrogens (primary N) is 1. The maximum absolute atomic E-state index is 12.3. The lowest BCUT2D eigenvalue weighted by molar-refractivity contribution is -0.134. The highest BCUT2D eigenvalue weighted by atomic mass is 16.2. The Labute approximate surface area is 155 Å². The molecular weight excluding hydrogens is 334 g/mol. The predicted molar refractivity (Wildman–Crippen MR) is 99.4 cm³/mol. The van der Waals surface area contributed by atoms with E-state index in [1.807, 2.05) is 13.8 Å². The van der Waals surface area contributed by atoms with E-state index in [0.717, 1.165) is 12.8 Å². The molecular formula is C18H33N5O3. The molecule has 1 saturated carbocycles. The van der Waals surface area contributed by atoms with Gasteiger partial charge in [-0.15, -0.1) is 0 Å². The summed E-state index contributed by atoms with van der Waals surface area (Å²) in [6, 6.07) is -0.348. The van der Waals surface area contributed by atoms with Crippen LogP contribution in [0.15, 0.2) is 0 Å². The highest BCUT2D eigenvalue weighted by molar-refractivity contribution is 5.87. The number of piperazine rings is 1. The number of urea groups is 1. The van der Waals surface area contributed by atoms with Crippen molar-refractivity contribution in [3.05, 3.63) is 0 Å². The molecule has 148 valence electrons. The van der Waals surface area contributed by atoms with E-state index in [0.29, 0.717) is 26.2 Å². The number of carbonyl (C=O) groups is 3. The van der Waals surface area contributed by atoms with Gasteiger partial charge in [0.2, 0.25) is 11.8 Å². The van der Waals surface area contributed by atoms with Crippen LogP contribution in [-0.2, 0) is 9.59 Å². The van der Waals surface area contributed by atoms with Crippen molar-refractivity contribution in [2.45, 2.75) is 58.0 Å². The molecule has 0 aromatic rings. The number of hydrogen-bond acceptors (Lipinski definition) is 4. The van der Waals surface area contributed by atoms with Crippen molar-refractivity contribution in [2.24, 2.45) is 11.7 Å². The lowest BCUT2D eigenvalue weighted by atomic mass is 9.96. The SMILES string of the molecule is CC(C)[C@H](N)C(=O)NCC(=O)N1CCN(C(=O)NC2CCCCC2)CC1. The summed E-state index contributed by atoms with van der Waals surface area (Å²) in [5, 5.41) is 5.71. The molecule has 8 heteroatoms. The normalized spacial score (nSPS) is 20.0. The number of hydrogen-bond donors (Lipinski definition) is 3. The van der Waals surface area contributed by atoms with Gasteiger partial charge in [0.05, 0.1) is 12.6 Å². The number of carbonyl (C=O) groups excluding carboxylic acids is 3. The highest BCUT2D eigenvalue weighted by Crippen LogP contribution is 2.17. The Bertz CT molecular complexity index is 497. The molecule has 0 aromatic heterocycles. The summed E-state index contributed by atoms with van der Waals surface area (Å²) >= 11 is 0. The zero-order valence-electron chi connectivity index (χ0n) is 16.0. The largest absolute Gasteiger partial charge is 0.346 e. The Morgan fingerprint density at radius 3 is 2.15 bits per heavy atom. The third kappa shape index (κ3) is 5.86. The monoisotopic (exact) mass is 367 g/mol. The minimum Gasteiger partial charge on any atom is -0.346 e. The Morgan fingerprint density at radius 2 is 1.58 bits per heavy atom. The number of amides is 4. The lowest BCUT2D eigenvalue weighted by Gasteiger charge is -2.36. The van der Waals surface area contributed by atoms with Crippen molar-refractivity contribution < 1.29 is 14.4 Å². The van der Waals surface area contributed by atoms with Gasteiger partial charge in [-0.2, -0.15) is 0 Å². The Morgan fingerprint density at radius 1 is 1.00 bits per heavy atom. The van der Waals surface area contributed by atoms with Crippen LogP contribution in [0.1, 0.15) is 46.0 Å². The van der Waals surface area contributed by atoms with Crippen molar-refractivity contribution in [3.63, 3.8) is 0 Å². The maximum Gasteiger partial charge on any atom is 0.317 e. The van der Waals surface area contributed by atoms with Gasteiger partial charge in [-0.1, -0.05) is 33.1 Å². The average molecular weight is 367 g/mol. The fraction of sp³-hybridized carbons (Fsp3) is 0.833. The van der Waals surface area contributed by atoms with E-state index in [9.17, 15) is 14.4 Å². The van der Waals surface area contributed by atoms with Crippen LogP contribution in [0.25, 0.3) is 0 Å². The third-order valence-corrected chi connectivity index (χ3v) is 5.29. The molecule has 1 saturated heterocycles. The molecule has 2 rings (SSSR count). The first-order chi connectivity index (χ1) is 12.4. The van der Waals surface area contributed by atoms with Gasteiger partial charge in [-0.25, -0.2) is 4.79 Å². The summed E-state index contributed by atoms with van der Waals surface area (Å²) in [5.41, 5.74) is 5.76. The summed E-state index contributed by atoms with van der Waals surface area (Å²) in [7, 11) is 0. The molecule has 0 unspecified atom stereocenters. The molecule has 0 spiro atoms. The van der Waals surface area contributed by atoms with E-state index in [1.165, 1.54) is 19.3 Å². The van der Waals surface area contributed by atoms with Gasteiger partial charge >= 0.3 is 6.03 Å². The van der Waals surface area contributed by atoms with E-state index >= 15 is 0 Å². The molecule has 26 heavy (non-hydrogen) atoms. The fourth-order valence-corrected chi connectivity index (χ4v) is 3.37. The Hall–Kier alpha value is -1.83. The number of nitrogens with one attached hydrogen (secondary N) is 2. The van der Waals surface area contributed by atoms with Gasteiger partial charge in [-0.05, 0) is 18.8 Å². The van der Waals surface area contributed by atoms with Crippen molar-refractivity contribution in [1.82, 2.24) is 20.4 Å². The molecule has 2 fully saturated rings. The molecule has 8 nitrogen and oxygen atoms in total. The minimum atomic E-state index is -0.608. The van der Waals surface area contributed by atoms with Crippen molar-refractivity contribution in [2.75, 3.05) is 32.7 Å². The molecule has 4 N–H and O–H groups in total. The second-order valence-corrected chi connectivity index (χ2v) is 7.64. The van der Waals surface area contributed by atoms with Gasteiger partial charge < -0.3 is 26.2 Å². The van der Waals surface area contributed by atoms with Crippen LogP contribution in [0.2, 0.25) is 0 Å². The van der Waals surface area contributed by atoms with Gasteiger partial charge in [0.25, 0.3) is 0 Å². The molecule has 0 bridgehead atoms.